The van der Waals surface area contributed by atoms with E-state index in [1.165, 1.54) is 0 Å². The van der Waals surface area contributed by atoms with Crippen molar-refractivity contribution in [1.29, 1.82) is 0 Å². The summed E-state index contributed by atoms with van der Waals surface area (Å²) in [6, 6.07) is 10.4. The maximum Gasteiger partial charge on any atom is 0.168 e. The van der Waals surface area contributed by atoms with Gasteiger partial charge in [0.1, 0.15) is 5.75 Å². The Morgan fingerprint density at radius 1 is 1.12 bits per heavy atom. The van der Waals surface area contributed by atoms with Crippen LogP contribution in [-0.2, 0) is 0 Å². The van der Waals surface area contributed by atoms with Crippen LogP contribution in [0.3, 0.4) is 0 Å². The van der Waals surface area contributed by atoms with Crippen molar-refractivity contribution >= 4 is 44.8 Å². The van der Waals surface area contributed by atoms with Crippen molar-refractivity contribution in [3.05, 3.63) is 50.9 Å². The lowest BCUT2D eigenvalue weighted by Gasteiger charge is -2.11. The van der Waals surface area contributed by atoms with Gasteiger partial charge in [0.05, 0.1) is 15.2 Å². The van der Waals surface area contributed by atoms with E-state index in [9.17, 15) is 0 Å². The minimum Gasteiger partial charge on any atom is -0.452 e. The molecule has 0 aliphatic heterocycles. The minimum absolute atomic E-state index is 0.442. The zero-order valence-corrected chi connectivity index (χ0v) is 11.7. The molecule has 0 atom stereocenters. The number of anilines is 1. The van der Waals surface area contributed by atoms with Gasteiger partial charge in [-0.05, 0) is 46.3 Å². The Labute approximate surface area is 117 Å². The summed E-state index contributed by atoms with van der Waals surface area (Å²) in [5, 5.41) is 1.09. The van der Waals surface area contributed by atoms with Crippen LogP contribution in [0, 0.1) is 0 Å². The first-order valence-electron chi connectivity index (χ1n) is 4.75. The van der Waals surface area contributed by atoms with E-state index in [1.54, 1.807) is 36.4 Å². The summed E-state index contributed by atoms with van der Waals surface area (Å²) in [6.45, 7) is 0. The first-order chi connectivity index (χ1) is 8.08. The van der Waals surface area contributed by atoms with Crippen LogP contribution >= 0.6 is 39.1 Å². The summed E-state index contributed by atoms with van der Waals surface area (Å²) in [4.78, 5) is 0. The summed E-state index contributed by atoms with van der Waals surface area (Å²) in [5.74, 6) is 1.05. The Morgan fingerprint density at radius 3 is 2.53 bits per heavy atom. The molecule has 2 N–H and O–H groups in total. The molecule has 2 aromatic carbocycles. The Bertz CT molecular complexity index is 540. The second kappa shape index (κ2) is 5.17. The van der Waals surface area contributed by atoms with Gasteiger partial charge >= 0.3 is 0 Å². The van der Waals surface area contributed by atoms with Crippen LogP contribution < -0.4 is 10.5 Å². The quantitative estimate of drug-likeness (QED) is 0.773. The van der Waals surface area contributed by atoms with Gasteiger partial charge in [-0.15, -0.1) is 0 Å². The summed E-state index contributed by atoms with van der Waals surface area (Å²) in [5.41, 5.74) is 6.28. The van der Waals surface area contributed by atoms with E-state index in [0.717, 1.165) is 4.47 Å². The number of hydrogen-bond acceptors (Lipinski definition) is 2. The van der Waals surface area contributed by atoms with E-state index >= 15 is 0 Å². The minimum atomic E-state index is 0.442. The van der Waals surface area contributed by atoms with Gasteiger partial charge in [-0.1, -0.05) is 29.3 Å². The molecule has 2 rings (SSSR count). The molecule has 0 saturated carbocycles. The van der Waals surface area contributed by atoms with Gasteiger partial charge in [-0.2, -0.15) is 0 Å². The van der Waals surface area contributed by atoms with E-state index in [1.807, 2.05) is 0 Å². The molecule has 0 aliphatic carbocycles. The molecule has 0 bridgehead atoms. The van der Waals surface area contributed by atoms with E-state index in [0.29, 0.717) is 27.2 Å². The standard InChI is InChI=1S/C12H8BrCl2NO/c13-8-6-7(14)4-5-11(8)17-12-9(15)2-1-3-10(12)16/h1-6H,16H2. The van der Waals surface area contributed by atoms with Crippen LogP contribution in [0.15, 0.2) is 40.9 Å². The molecule has 0 radical (unpaired) electrons. The number of rotatable bonds is 2. The van der Waals surface area contributed by atoms with Gasteiger partial charge < -0.3 is 10.5 Å². The summed E-state index contributed by atoms with van der Waals surface area (Å²) in [6.07, 6.45) is 0. The molecule has 0 aliphatic rings. The molecular weight excluding hydrogens is 325 g/mol. The maximum absolute atomic E-state index is 6.02. The van der Waals surface area contributed by atoms with Gasteiger partial charge in [-0.25, -0.2) is 0 Å². The molecule has 0 saturated heterocycles. The third kappa shape index (κ3) is 2.86. The lowest BCUT2D eigenvalue weighted by atomic mass is 10.3. The molecule has 17 heavy (non-hydrogen) atoms. The molecule has 0 heterocycles. The van der Waals surface area contributed by atoms with Crippen LogP contribution in [0.5, 0.6) is 11.5 Å². The normalized spacial score (nSPS) is 10.3. The van der Waals surface area contributed by atoms with Crippen molar-refractivity contribution in [1.82, 2.24) is 0 Å². The molecule has 0 fully saturated rings. The van der Waals surface area contributed by atoms with Crippen molar-refractivity contribution in [3.63, 3.8) is 0 Å². The predicted molar refractivity (Wildman–Crippen MR) is 75.1 cm³/mol. The molecule has 0 spiro atoms. The highest BCUT2D eigenvalue weighted by Gasteiger charge is 2.09. The third-order valence-corrected chi connectivity index (χ3v) is 3.26. The second-order valence-corrected chi connectivity index (χ2v) is 5.03. The van der Waals surface area contributed by atoms with Gasteiger partial charge in [-0.3, -0.25) is 0 Å². The fraction of sp³-hybridized carbons (Fsp3) is 0. The third-order valence-electron chi connectivity index (χ3n) is 2.10. The average Bonchev–Trinajstić information content (AvgIpc) is 2.26. The number of halogens is 3. The fourth-order valence-electron chi connectivity index (χ4n) is 1.30. The Kier molecular flexibility index (Phi) is 3.82. The van der Waals surface area contributed by atoms with Crippen LogP contribution in [0.25, 0.3) is 0 Å². The Morgan fingerprint density at radius 2 is 1.88 bits per heavy atom. The van der Waals surface area contributed by atoms with Crippen molar-refractivity contribution in [3.8, 4) is 11.5 Å². The van der Waals surface area contributed by atoms with E-state index in [4.69, 9.17) is 33.7 Å². The van der Waals surface area contributed by atoms with E-state index in [-0.39, 0.29) is 0 Å². The summed E-state index contributed by atoms with van der Waals surface area (Å²) in [7, 11) is 0. The average molecular weight is 333 g/mol. The lowest BCUT2D eigenvalue weighted by molar-refractivity contribution is 0.482. The van der Waals surface area contributed by atoms with Crippen molar-refractivity contribution < 1.29 is 4.74 Å². The molecule has 5 heteroatoms. The van der Waals surface area contributed by atoms with Crippen LogP contribution in [0.1, 0.15) is 0 Å². The van der Waals surface area contributed by atoms with Crippen molar-refractivity contribution in [2.45, 2.75) is 0 Å². The Hall–Kier alpha value is -0.900. The highest BCUT2D eigenvalue weighted by molar-refractivity contribution is 9.10. The zero-order valence-electron chi connectivity index (χ0n) is 8.58. The maximum atomic E-state index is 6.02. The number of nitrogen functional groups attached to an aromatic ring is 1. The topological polar surface area (TPSA) is 35.2 Å². The van der Waals surface area contributed by atoms with Crippen molar-refractivity contribution in [2.24, 2.45) is 0 Å². The van der Waals surface area contributed by atoms with Gasteiger partial charge in [0, 0.05) is 5.02 Å². The van der Waals surface area contributed by atoms with Crippen LogP contribution in [-0.4, -0.2) is 0 Å². The molecule has 2 aromatic rings. The van der Waals surface area contributed by atoms with Crippen molar-refractivity contribution in [2.75, 3.05) is 5.73 Å². The molecular formula is C12H8BrCl2NO. The number of para-hydroxylation sites is 1. The van der Waals surface area contributed by atoms with Crippen LogP contribution in [0.2, 0.25) is 10.0 Å². The predicted octanol–water partition coefficient (Wildman–Crippen LogP) is 5.13. The van der Waals surface area contributed by atoms with Gasteiger partial charge in [0.25, 0.3) is 0 Å². The molecule has 0 aromatic heterocycles. The SMILES string of the molecule is Nc1cccc(Cl)c1Oc1ccc(Cl)cc1Br. The largest absolute Gasteiger partial charge is 0.452 e. The smallest absolute Gasteiger partial charge is 0.168 e. The fourth-order valence-corrected chi connectivity index (χ4v) is 2.29. The highest BCUT2D eigenvalue weighted by Crippen LogP contribution is 2.38. The highest BCUT2D eigenvalue weighted by atomic mass is 79.9. The van der Waals surface area contributed by atoms with Gasteiger partial charge in [0.15, 0.2) is 5.75 Å². The summed E-state index contributed by atoms with van der Waals surface area (Å²) >= 11 is 15.2. The monoisotopic (exact) mass is 331 g/mol. The Balaban J connectivity index is 2.38. The van der Waals surface area contributed by atoms with E-state index in [2.05, 4.69) is 15.9 Å². The number of ether oxygens (including phenoxy) is 1. The first-order valence-corrected chi connectivity index (χ1v) is 6.29. The molecule has 88 valence electrons. The molecule has 0 amide bonds. The van der Waals surface area contributed by atoms with Gasteiger partial charge in [0.2, 0.25) is 0 Å². The second-order valence-electron chi connectivity index (χ2n) is 3.33. The summed E-state index contributed by atoms with van der Waals surface area (Å²) < 4.78 is 6.40. The van der Waals surface area contributed by atoms with Crippen LogP contribution in [0.4, 0.5) is 5.69 Å². The number of benzene rings is 2. The lowest BCUT2D eigenvalue weighted by Crippen LogP contribution is -1.93. The number of nitrogens with two attached hydrogens (primary N) is 1. The zero-order chi connectivity index (χ0) is 12.4. The first kappa shape index (κ1) is 12.6. The molecule has 0 unspecified atom stereocenters. The van der Waals surface area contributed by atoms with E-state index < -0.39 is 0 Å². The number of hydrogen-bond donors (Lipinski definition) is 1. The molecule has 2 nitrogen and oxygen atoms in total.